The molecule has 0 aromatic heterocycles. The van der Waals surface area contributed by atoms with Gasteiger partial charge in [0.15, 0.2) is 5.60 Å². The average Bonchev–Trinajstić information content (AvgIpc) is 2.94. The molecular weight excluding hydrogens is 394 g/mol. The minimum absolute atomic E-state index is 0.0240. The van der Waals surface area contributed by atoms with Gasteiger partial charge in [0.1, 0.15) is 0 Å². The maximum atomic E-state index is 12.9. The maximum Gasteiger partial charge on any atom is 0.330 e. The molecule has 2 aliphatic rings. The number of hydrogen-bond donors (Lipinski definition) is 3. The van der Waals surface area contributed by atoms with E-state index in [9.17, 15) is 19.8 Å². The molecule has 31 heavy (non-hydrogen) atoms. The molecule has 6 atom stereocenters. The Morgan fingerprint density at radius 1 is 1.39 bits per heavy atom. The van der Waals surface area contributed by atoms with Gasteiger partial charge in [-0.25, -0.2) is 4.79 Å². The molecule has 1 aliphatic carbocycles. The van der Waals surface area contributed by atoms with E-state index in [4.69, 9.17) is 0 Å². The van der Waals surface area contributed by atoms with Crippen LogP contribution in [-0.2, 0) is 14.3 Å². The summed E-state index contributed by atoms with van der Waals surface area (Å²) in [6.45, 7) is 10.4. The van der Waals surface area contributed by atoms with Crippen LogP contribution in [0.25, 0.3) is 0 Å². The molecule has 0 radical (unpaired) electrons. The Morgan fingerprint density at radius 2 is 2.06 bits per heavy atom. The van der Waals surface area contributed by atoms with Gasteiger partial charge in [-0.3, -0.25) is 4.79 Å². The summed E-state index contributed by atoms with van der Waals surface area (Å²) in [5.74, 6) is -0.703. The lowest BCUT2D eigenvalue weighted by Crippen LogP contribution is -2.53. The van der Waals surface area contributed by atoms with Crippen molar-refractivity contribution < 1.29 is 24.5 Å². The number of hydrogen-bond acceptors (Lipinski definition) is 5. The number of ether oxygens (including phenoxy) is 1. The molecule has 0 saturated carbocycles. The highest BCUT2D eigenvalue weighted by molar-refractivity contribution is 5.90. The maximum absolute atomic E-state index is 12.9. The highest BCUT2D eigenvalue weighted by Crippen LogP contribution is 2.48. The van der Waals surface area contributed by atoms with E-state index in [0.717, 1.165) is 24.8 Å². The van der Waals surface area contributed by atoms with Crippen molar-refractivity contribution in [1.82, 2.24) is 5.32 Å². The first-order chi connectivity index (χ1) is 14.5. The molecule has 2 rings (SSSR count). The van der Waals surface area contributed by atoms with Crippen LogP contribution >= 0.6 is 0 Å². The first kappa shape index (κ1) is 25.3. The van der Waals surface area contributed by atoms with Crippen molar-refractivity contribution in [3.8, 4) is 0 Å². The fraction of sp³-hybridized carbons (Fsp3) is 0.680. The fourth-order valence-corrected chi connectivity index (χ4v) is 5.00. The molecule has 0 bridgehead atoms. The number of aliphatic hydroxyl groups excluding tert-OH is 1. The normalized spacial score (nSPS) is 32.1. The summed E-state index contributed by atoms with van der Waals surface area (Å²) in [6, 6.07) is -0.0240. The summed E-state index contributed by atoms with van der Waals surface area (Å²) in [5.41, 5.74) is 0.847. The number of carbonyl (C=O) groups excluding carboxylic acids is 2. The van der Waals surface area contributed by atoms with Gasteiger partial charge >= 0.3 is 5.97 Å². The quantitative estimate of drug-likeness (QED) is 0.295. The lowest BCUT2D eigenvalue weighted by Gasteiger charge is -2.42. The van der Waals surface area contributed by atoms with Crippen molar-refractivity contribution in [2.45, 2.75) is 78.0 Å². The van der Waals surface area contributed by atoms with Gasteiger partial charge in [0.2, 0.25) is 0 Å². The van der Waals surface area contributed by atoms with Crippen LogP contribution in [0.2, 0.25) is 0 Å². The molecule has 0 aromatic carbocycles. The number of rotatable bonds is 9. The van der Waals surface area contributed by atoms with Gasteiger partial charge in [-0.05, 0) is 57.4 Å². The molecule has 1 amide bonds. The molecule has 3 N–H and O–H groups in total. The van der Waals surface area contributed by atoms with Gasteiger partial charge < -0.3 is 20.3 Å². The highest BCUT2D eigenvalue weighted by atomic mass is 16.5. The number of methoxy groups -OCH3 is 1. The Balaban J connectivity index is 2.10. The largest absolute Gasteiger partial charge is 0.466 e. The van der Waals surface area contributed by atoms with E-state index < -0.39 is 17.7 Å². The third-order valence-corrected chi connectivity index (χ3v) is 6.75. The van der Waals surface area contributed by atoms with E-state index in [1.165, 1.54) is 24.8 Å². The number of carbonyl (C=O) groups is 2. The number of esters is 1. The zero-order chi connectivity index (χ0) is 23.3. The summed E-state index contributed by atoms with van der Waals surface area (Å²) in [6.07, 6.45) is 8.82. The van der Waals surface area contributed by atoms with E-state index in [1.807, 2.05) is 19.1 Å². The Labute approximate surface area is 186 Å². The predicted molar refractivity (Wildman–Crippen MR) is 121 cm³/mol. The topological polar surface area (TPSA) is 95.9 Å². The second-order valence-electron chi connectivity index (χ2n) is 9.64. The minimum atomic E-state index is -1.43. The van der Waals surface area contributed by atoms with Gasteiger partial charge in [0.05, 0.1) is 13.2 Å². The number of fused-ring (bicyclic) bond motifs is 1. The van der Waals surface area contributed by atoms with Crippen LogP contribution in [0, 0.1) is 23.7 Å². The van der Waals surface area contributed by atoms with Crippen LogP contribution in [0.3, 0.4) is 0 Å². The van der Waals surface area contributed by atoms with E-state index in [1.54, 1.807) is 0 Å². The van der Waals surface area contributed by atoms with Crippen LogP contribution < -0.4 is 5.32 Å². The van der Waals surface area contributed by atoms with E-state index >= 15 is 0 Å². The molecule has 6 heteroatoms. The van der Waals surface area contributed by atoms with E-state index in [2.05, 4.69) is 37.7 Å². The smallest absolute Gasteiger partial charge is 0.330 e. The standard InChI is InChI=1S/C25H39NO5/c1-15(2)12-21-23-18(5)17(4)14-19(25(23,30)24(29)26-21)13-16(3)8-7-9-20(27)10-11-22(28)31-6/h10-11,13-15,18-21,23,27,30H,7-9,12H2,1-6H3,(H,26,29). The molecule has 0 spiro atoms. The number of allylic oxidation sites excluding steroid dienone is 2. The minimum Gasteiger partial charge on any atom is -0.466 e. The summed E-state index contributed by atoms with van der Waals surface area (Å²) < 4.78 is 4.52. The summed E-state index contributed by atoms with van der Waals surface area (Å²) in [4.78, 5) is 24.0. The molecular formula is C25H39NO5. The Hall–Kier alpha value is -1.92. The van der Waals surface area contributed by atoms with Gasteiger partial charge in [0.25, 0.3) is 5.91 Å². The third kappa shape index (κ3) is 5.86. The van der Waals surface area contributed by atoms with Crippen LogP contribution in [0.4, 0.5) is 0 Å². The first-order valence-electron chi connectivity index (χ1n) is 11.3. The third-order valence-electron chi connectivity index (χ3n) is 6.75. The Morgan fingerprint density at radius 3 is 2.68 bits per heavy atom. The van der Waals surface area contributed by atoms with Crippen molar-refractivity contribution in [3.05, 3.63) is 35.5 Å². The monoisotopic (exact) mass is 433 g/mol. The molecule has 6 unspecified atom stereocenters. The second-order valence-corrected chi connectivity index (χ2v) is 9.64. The lowest BCUT2D eigenvalue weighted by atomic mass is 9.63. The Bertz CT molecular complexity index is 753. The second kappa shape index (κ2) is 10.6. The zero-order valence-corrected chi connectivity index (χ0v) is 19.7. The van der Waals surface area contributed by atoms with Gasteiger partial charge in [-0.15, -0.1) is 0 Å². The van der Waals surface area contributed by atoms with Crippen molar-refractivity contribution >= 4 is 11.9 Å². The molecule has 0 aromatic rings. The lowest BCUT2D eigenvalue weighted by molar-refractivity contribution is -0.143. The summed E-state index contributed by atoms with van der Waals surface area (Å²) in [7, 11) is 1.30. The SMILES string of the molecule is COC(=O)C=CC(O)CCCC(C)=CC1C=C(C)C(C)C2C(CC(C)C)NC(=O)C12O. The van der Waals surface area contributed by atoms with Crippen molar-refractivity contribution in [1.29, 1.82) is 0 Å². The molecule has 1 fully saturated rings. The molecule has 1 heterocycles. The first-order valence-corrected chi connectivity index (χ1v) is 11.3. The van der Waals surface area contributed by atoms with Crippen molar-refractivity contribution in [3.63, 3.8) is 0 Å². The summed E-state index contributed by atoms with van der Waals surface area (Å²) >= 11 is 0. The van der Waals surface area contributed by atoms with E-state index in [-0.39, 0.29) is 29.7 Å². The van der Waals surface area contributed by atoms with Gasteiger partial charge in [-0.1, -0.05) is 44.1 Å². The van der Waals surface area contributed by atoms with Crippen molar-refractivity contribution in [2.24, 2.45) is 23.7 Å². The zero-order valence-electron chi connectivity index (χ0n) is 19.7. The predicted octanol–water partition coefficient (Wildman–Crippen LogP) is 3.30. The van der Waals surface area contributed by atoms with Gasteiger partial charge in [-0.2, -0.15) is 0 Å². The average molecular weight is 434 g/mol. The highest BCUT2D eigenvalue weighted by Gasteiger charge is 2.60. The van der Waals surface area contributed by atoms with Crippen LogP contribution in [0.1, 0.15) is 60.3 Å². The number of nitrogens with one attached hydrogen (secondary N) is 1. The van der Waals surface area contributed by atoms with Gasteiger partial charge in [0, 0.05) is 24.0 Å². The molecule has 6 nitrogen and oxygen atoms in total. The molecule has 1 saturated heterocycles. The number of amides is 1. The van der Waals surface area contributed by atoms with Crippen LogP contribution in [0.15, 0.2) is 35.5 Å². The summed E-state index contributed by atoms with van der Waals surface area (Å²) in [5, 5.41) is 24.7. The number of aliphatic hydroxyl groups is 2. The fourth-order valence-electron chi connectivity index (χ4n) is 5.00. The van der Waals surface area contributed by atoms with Crippen LogP contribution in [0.5, 0.6) is 0 Å². The van der Waals surface area contributed by atoms with Crippen molar-refractivity contribution in [2.75, 3.05) is 7.11 Å². The molecule has 174 valence electrons. The Kier molecular flexibility index (Phi) is 8.66. The van der Waals surface area contributed by atoms with E-state index in [0.29, 0.717) is 12.3 Å². The van der Waals surface area contributed by atoms with Crippen LogP contribution in [-0.4, -0.2) is 46.9 Å². The molecule has 1 aliphatic heterocycles.